The Kier molecular flexibility index (Phi) is 6.30. The van der Waals surface area contributed by atoms with Crippen molar-refractivity contribution >= 4 is 12.0 Å². The lowest BCUT2D eigenvalue weighted by Crippen LogP contribution is -2.59. The molecule has 0 aromatic rings. The average Bonchev–Trinajstić information content (AvgIpc) is 2.39. The standard InChI is InChI=1S/C15H28N2O3/c1-4-5-6-12(3)16-14(20)17-15(13(18)19)9-7-11(2)8-10-15/h11-12H,4-10H2,1-3H3,(H,18,19)(H2,16,17,20). The van der Waals surface area contributed by atoms with Crippen molar-refractivity contribution in [3.8, 4) is 0 Å². The summed E-state index contributed by atoms with van der Waals surface area (Å²) in [6, 6.07) is -0.283. The highest BCUT2D eigenvalue weighted by molar-refractivity contribution is 5.86. The molecule has 1 rings (SSSR count). The summed E-state index contributed by atoms with van der Waals surface area (Å²) in [6.45, 7) is 6.18. The third-order valence-corrected chi connectivity index (χ3v) is 4.26. The molecule has 0 saturated heterocycles. The van der Waals surface area contributed by atoms with Gasteiger partial charge in [0.05, 0.1) is 0 Å². The van der Waals surface area contributed by atoms with E-state index >= 15 is 0 Å². The van der Waals surface area contributed by atoms with E-state index in [1.54, 1.807) is 0 Å². The van der Waals surface area contributed by atoms with Crippen molar-refractivity contribution in [2.75, 3.05) is 0 Å². The van der Waals surface area contributed by atoms with Crippen LogP contribution in [-0.2, 0) is 4.79 Å². The molecule has 1 aliphatic carbocycles. The minimum atomic E-state index is -1.08. The molecule has 3 N–H and O–H groups in total. The van der Waals surface area contributed by atoms with Gasteiger partial charge in [-0.25, -0.2) is 9.59 Å². The quantitative estimate of drug-likeness (QED) is 0.701. The Balaban J connectivity index is 2.54. The van der Waals surface area contributed by atoms with Crippen molar-refractivity contribution in [3.05, 3.63) is 0 Å². The number of unbranched alkanes of at least 4 members (excludes halogenated alkanes) is 1. The Labute approximate surface area is 121 Å². The number of amides is 2. The summed E-state index contributed by atoms with van der Waals surface area (Å²) < 4.78 is 0. The van der Waals surface area contributed by atoms with Crippen LogP contribution in [-0.4, -0.2) is 28.7 Å². The number of carboxylic acids is 1. The van der Waals surface area contributed by atoms with Crippen molar-refractivity contribution in [3.63, 3.8) is 0 Å². The molecule has 0 bridgehead atoms. The molecule has 1 aliphatic rings. The number of nitrogens with one attached hydrogen (secondary N) is 2. The van der Waals surface area contributed by atoms with Crippen LogP contribution >= 0.6 is 0 Å². The van der Waals surface area contributed by atoms with Crippen LogP contribution in [0.15, 0.2) is 0 Å². The van der Waals surface area contributed by atoms with Crippen molar-refractivity contribution in [1.82, 2.24) is 10.6 Å². The van der Waals surface area contributed by atoms with Crippen molar-refractivity contribution in [1.29, 1.82) is 0 Å². The Morgan fingerprint density at radius 2 is 1.95 bits per heavy atom. The van der Waals surface area contributed by atoms with Gasteiger partial charge in [0.25, 0.3) is 0 Å². The van der Waals surface area contributed by atoms with Gasteiger partial charge < -0.3 is 15.7 Å². The molecule has 5 nitrogen and oxygen atoms in total. The normalized spacial score (nSPS) is 27.6. The average molecular weight is 284 g/mol. The number of aliphatic carboxylic acids is 1. The number of urea groups is 1. The van der Waals surface area contributed by atoms with Gasteiger partial charge in [-0.1, -0.05) is 26.7 Å². The third-order valence-electron chi connectivity index (χ3n) is 4.26. The van der Waals surface area contributed by atoms with Crippen LogP contribution in [0.4, 0.5) is 4.79 Å². The summed E-state index contributed by atoms with van der Waals surface area (Å²) in [6.07, 6.45) is 5.78. The predicted octanol–water partition coefficient (Wildman–Crippen LogP) is 2.90. The van der Waals surface area contributed by atoms with Crippen molar-refractivity contribution in [2.24, 2.45) is 5.92 Å². The lowest BCUT2D eigenvalue weighted by atomic mass is 9.77. The molecule has 0 aromatic carbocycles. The smallest absolute Gasteiger partial charge is 0.329 e. The van der Waals surface area contributed by atoms with Crippen molar-refractivity contribution in [2.45, 2.75) is 77.3 Å². The fourth-order valence-electron chi connectivity index (χ4n) is 2.71. The molecular weight excluding hydrogens is 256 g/mol. The molecule has 0 aromatic heterocycles. The molecule has 2 amide bonds. The summed E-state index contributed by atoms with van der Waals surface area (Å²) in [4.78, 5) is 23.5. The molecule has 0 spiro atoms. The Morgan fingerprint density at radius 3 is 2.45 bits per heavy atom. The molecule has 1 fully saturated rings. The van der Waals surface area contributed by atoms with E-state index < -0.39 is 11.5 Å². The first-order chi connectivity index (χ1) is 9.39. The Morgan fingerprint density at radius 1 is 1.35 bits per heavy atom. The minimum absolute atomic E-state index is 0.0725. The molecule has 0 aliphatic heterocycles. The molecule has 116 valence electrons. The summed E-state index contributed by atoms with van der Waals surface area (Å²) in [5.74, 6) is -0.378. The van der Waals surface area contributed by atoms with Gasteiger partial charge in [0.1, 0.15) is 5.54 Å². The Hall–Kier alpha value is -1.26. The van der Waals surface area contributed by atoms with Crippen LogP contribution in [0.2, 0.25) is 0 Å². The molecular formula is C15H28N2O3. The molecule has 1 unspecified atom stereocenters. The van der Waals surface area contributed by atoms with Gasteiger partial charge in [-0.05, 0) is 44.9 Å². The highest BCUT2D eigenvalue weighted by Gasteiger charge is 2.42. The number of carboxylic acid groups (broad SMARTS) is 1. The third kappa shape index (κ3) is 4.69. The molecule has 1 atom stereocenters. The zero-order valence-electron chi connectivity index (χ0n) is 12.9. The van der Waals surface area contributed by atoms with Crippen molar-refractivity contribution < 1.29 is 14.7 Å². The van der Waals surface area contributed by atoms with Gasteiger partial charge in [-0.2, -0.15) is 0 Å². The lowest BCUT2D eigenvalue weighted by molar-refractivity contribution is -0.146. The van der Waals surface area contributed by atoms with Gasteiger partial charge in [0, 0.05) is 6.04 Å². The SMILES string of the molecule is CCCCC(C)NC(=O)NC1(C(=O)O)CCC(C)CC1. The van der Waals surface area contributed by atoms with Crippen LogP contribution in [0.5, 0.6) is 0 Å². The number of hydrogen-bond donors (Lipinski definition) is 3. The maximum absolute atomic E-state index is 12.0. The molecule has 0 radical (unpaired) electrons. The maximum atomic E-state index is 12.0. The highest BCUT2D eigenvalue weighted by atomic mass is 16.4. The first-order valence-corrected chi connectivity index (χ1v) is 7.71. The predicted molar refractivity (Wildman–Crippen MR) is 78.7 cm³/mol. The second kappa shape index (κ2) is 7.50. The van der Waals surface area contributed by atoms with Crippen LogP contribution in [0, 0.1) is 5.92 Å². The monoisotopic (exact) mass is 284 g/mol. The Bertz CT molecular complexity index is 336. The summed E-state index contributed by atoms with van der Waals surface area (Å²) in [5, 5.41) is 15.0. The van der Waals surface area contributed by atoms with E-state index in [1.165, 1.54) is 0 Å². The first kappa shape index (κ1) is 16.8. The van der Waals surface area contributed by atoms with E-state index in [0.29, 0.717) is 18.8 Å². The van der Waals surface area contributed by atoms with E-state index in [1.807, 2.05) is 6.92 Å². The molecule has 20 heavy (non-hydrogen) atoms. The van der Waals surface area contributed by atoms with E-state index in [0.717, 1.165) is 32.1 Å². The number of carbonyl (C=O) groups excluding carboxylic acids is 1. The second-order valence-electron chi connectivity index (χ2n) is 6.21. The van der Waals surface area contributed by atoms with Gasteiger partial charge in [0.2, 0.25) is 0 Å². The fourth-order valence-corrected chi connectivity index (χ4v) is 2.71. The molecule has 0 heterocycles. The van der Waals surface area contributed by atoms with Gasteiger partial charge in [-0.3, -0.25) is 0 Å². The zero-order chi connectivity index (χ0) is 15.2. The van der Waals surface area contributed by atoms with Crippen LogP contribution in [0.1, 0.15) is 65.7 Å². The number of rotatable bonds is 6. The highest BCUT2D eigenvalue weighted by Crippen LogP contribution is 2.32. The summed E-state index contributed by atoms with van der Waals surface area (Å²) >= 11 is 0. The number of carbonyl (C=O) groups is 2. The van der Waals surface area contributed by atoms with E-state index in [4.69, 9.17) is 0 Å². The van der Waals surface area contributed by atoms with Gasteiger partial charge >= 0.3 is 12.0 Å². The summed E-state index contributed by atoms with van der Waals surface area (Å²) in [7, 11) is 0. The van der Waals surface area contributed by atoms with Crippen LogP contribution in [0.3, 0.4) is 0 Å². The second-order valence-corrected chi connectivity index (χ2v) is 6.21. The lowest BCUT2D eigenvalue weighted by Gasteiger charge is -2.36. The topological polar surface area (TPSA) is 78.4 Å². The zero-order valence-corrected chi connectivity index (χ0v) is 12.9. The van der Waals surface area contributed by atoms with E-state index in [9.17, 15) is 14.7 Å². The van der Waals surface area contributed by atoms with E-state index in [2.05, 4.69) is 24.5 Å². The maximum Gasteiger partial charge on any atom is 0.329 e. The van der Waals surface area contributed by atoms with Gasteiger partial charge in [0.15, 0.2) is 0 Å². The van der Waals surface area contributed by atoms with E-state index in [-0.39, 0.29) is 12.1 Å². The van der Waals surface area contributed by atoms with Crippen LogP contribution < -0.4 is 10.6 Å². The largest absolute Gasteiger partial charge is 0.480 e. The number of hydrogen-bond acceptors (Lipinski definition) is 2. The fraction of sp³-hybridized carbons (Fsp3) is 0.867. The molecule has 1 saturated carbocycles. The first-order valence-electron chi connectivity index (χ1n) is 7.71. The summed E-state index contributed by atoms with van der Waals surface area (Å²) in [5.41, 5.74) is -1.08. The molecule has 5 heteroatoms. The van der Waals surface area contributed by atoms with Gasteiger partial charge in [-0.15, -0.1) is 0 Å². The minimum Gasteiger partial charge on any atom is -0.480 e. The van der Waals surface area contributed by atoms with Crippen LogP contribution in [0.25, 0.3) is 0 Å².